The maximum absolute atomic E-state index is 11.1. The van der Waals surface area contributed by atoms with E-state index in [1.807, 2.05) is 31.2 Å². The second-order valence-corrected chi connectivity index (χ2v) is 4.79. The normalized spacial score (nSPS) is 14.3. The van der Waals surface area contributed by atoms with E-state index >= 15 is 0 Å². The average Bonchev–Trinajstić information content (AvgIpc) is 2.73. The van der Waals surface area contributed by atoms with Crippen molar-refractivity contribution in [3.63, 3.8) is 0 Å². The van der Waals surface area contributed by atoms with Gasteiger partial charge in [-0.25, -0.2) is 4.79 Å². The summed E-state index contributed by atoms with van der Waals surface area (Å²) in [5.74, 6) is 1.58. The van der Waals surface area contributed by atoms with Crippen molar-refractivity contribution >= 4 is 6.09 Å². The predicted molar refractivity (Wildman–Crippen MR) is 72.8 cm³/mol. The fourth-order valence-electron chi connectivity index (χ4n) is 2.40. The second-order valence-electron chi connectivity index (χ2n) is 4.79. The Morgan fingerprint density at radius 2 is 2.25 bits per heavy atom. The molecule has 1 aliphatic rings. The lowest BCUT2D eigenvalue weighted by molar-refractivity contribution is 0.138. The first kappa shape index (κ1) is 12.6. The molecular weight excluding hydrogens is 258 g/mol. The molecular formula is C15H15NO4. The standard InChI is InChI=1S/C15H15NO4/c1-10-7-12(9-20-10)13-4-2-3-11-8-16(15(17)18)5-6-19-14(11)13/h2-4,7,9H,5-6,8H2,1H3,(H,17,18). The van der Waals surface area contributed by atoms with E-state index in [4.69, 9.17) is 14.3 Å². The molecule has 0 spiro atoms. The highest BCUT2D eigenvalue weighted by molar-refractivity contribution is 5.73. The first-order valence-corrected chi connectivity index (χ1v) is 6.43. The summed E-state index contributed by atoms with van der Waals surface area (Å²) in [5, 5.41) is 9.13. The summed E-state index contributed by atoms with van der Waals surface area (Å²) in [6.45, 7) is 2.95. The number of ether oxygens (including phenoxy) is 1. The van der Waals surface area contributed by atoms with E-state index in [0.29, 0.717) is 19.7 Å². The van der Waals surface area contributed by atoms with Crippen LogP contribution in [0, 0.1) is 6.92 Å². The number of hydrogen-bond acceptors (Lipinski definition) is 3. The molecule has 0 aliphatic carbocycles. The third-order valence-corrected chi connectivity index (χ3v) is 3.38. The van der Waals surface area contributed by atoms with Gasteiger partial charge in [0.25, 0.3) is 0 Å². The van der Waals surface area contributed by atoms with Crippen molar-refractivity contribution in [2.24, 2.45) is 0 Å². The molecule has 0 saturated carbocycles. The molecule has 0 saturated heterocycles. The summed E-state index contributed by atoms with van der Waals surface area (Å²) in [6, 6.07) is 7.70. The van der Waals surface area contributed by atoms with Gasteiger partial charge in [-0.3, -0.25) is 0 Å². The summed E-state index contributed by atoms with van der Waals surface area (Å²) in [7, 11) is 0. The number of fused-ring (bicyclic) bond motifs is 1. The van der Waals surface area contributed by atoms with Crippen LogP contribution in [0.4, 0.5) is 4.79 Å². The van der Waals surface area contributed by atoms with Gasteiger partial charge in [0.15, 0.2) is 0 Å². The van der Waals surface area contributed by atoms with Gasteiger partial charge in [-0.05, 0) is 13.0 Å². The van der Waals surface area contributed by atoms with Crippen molar-refractivity contribution in [1.29, 1.82) is 0 Å². The molecule has 3 rings (SSSR count). The third-order valence-electron chi connectivity index (χ3n) is 3.38. The molecule has 0 radical (unpaired) electrons. The van der Waals surface area contributed by atoms with E-state index in [9.17, 15) is 4.79 Å². The molecule has 0 unspecified atom stereocenters. The number of benzene rings is 1. The van der Waals surface area contributed by atoms with Crippen LogP contribution >= 0.6 is 0 Å². The van der Waals surface area contributed by atoms with Gasteiger partial charge in [0.1, 0.15) is 18.1 Å². The fraction of sp³-hybridized carbons (Fsp3) is 0.267. The first-order valence-electron chi connectivity index (χ1n) is 6.43. The molecule has 0 fully saturated rings. The fourth-order valence-corrected chi connectivity index (χ4v) is 2.40. The third kappa shape index (κ3) is 2.22. The maximum Gasteiger partial charge on any atom is 0.407 e. The largest absolute Gasteiger partial charge is 0.491 e. The van der Waals surface area contributed by atoms with Crippen LogP contribution in [0.3, 0.4) is 0 Å². The number of hydrogen-bond donors (Lipinski definition) is 1. The first-order chi connectivity index (χ1) is 9.65. The molecule has 0 atom stereocenters. The Morgan fingerprint density at radius 1 is 1.40 bits per heavy atom. The van der Waals surface area contributed by atoms with Crippen LogP contribution in [0.2, 0.25) is 0 Å². The molecule has 5 nitrogen and oxygen atoms in total. The van der Waals surface area contributed by atoms with Crippen molar-refractivity contribution < 1.29 is 19.1 Å². The Hall–Kier alpha value is -2.43. The van der Waals surface area contributed by atoms with Crippen LogP contribution in [0.15, 0.2) is 34.9 Å². The van der Waals surface area contributed by atoms with Crippen molar-refractivity contribution in [2.75, 3.05) is 13.2 Å². The van der Waals surface area contributed by atoms with E-state index in [0.717, 1.165) is 28.2 Å². The van der Waals surface area contributed by atoms with Crippen LogP contribution in [0.5, 0.6) is 5.75 Å². The second kappa shape index (κ2) is 4.92. The summed E-state index contributed by atoms with van der Waals surface area (Å²) >= 11 is 0. The van der Waals surface area contributed by atoms with Crippen LogP contribution in [-0.4, -0.2) is 29.3 Å². The maximum atomic E-state index is 11.1. The van der Waals surface area contributed by atoms with Gasteiger partial charge >= 0.3 is 6.09 Å². The Labute approximate surface area is 116 Å². The minimum Gasteiger partial charge on any atom is -0.491 e. The van der Waals surface area contributed by atoms with Gasteiger partial charge in [0.05, 0.1) is 19.4 Å². The van der Waals surface area contributed by atoms with E-state index in [2.05, 4.69) is 0 Å². The summed E-state index contributed by atoms with van der Waals surface area (Å²) in [4.78, 5) is 12.5. The van der Waals surface area contributed by atoms with Crippen molar-refractivity contribution in [1.82, 2.24) is 4.90 Å². The number of aryl methyl sites for hydroxylation is 1. The van der Waals surface area contributed by atoms with Gasteiger partial charge in [-0.1, -0.05) is 18.2 Å². The van der Waals surface area contributed by atoms with E-state index in [1.54, 1.807) is 6.26 Å². The number of furan rings is 1. The highest BCUT2D eigenvalue weighted by atomic mass is 16.5. The molecule has 1 aromatic heterocycles. The lowest BCUT2D eigenvalue weighted by Gasteiger charge is -2.15. The Kier molecular flexibility index (Phi) is 3.10. The van der Waals surface area contributed by atoms with Gasteiger partial charge in [-0.2, -0.15) is 0 Å². The van der Waals surface area contributed by atoms with Crippen LogP contribution in [-0.2, 0) is 6.54 Å². The lowest BCUT2D eigenvalue weighted by atomic mass is 10.0. The number of carboxylic acid groups (broad SMARTS) is 1. The average molecular weight is 273 g/mol. The zero-order valence-corrected chi connectivity index (χ0v) is 11.1. The highest BCUT2D eigenvalue weighted by Crippen LogP contribution is 2.36. The highest BCUT2D eigenvalue weighted by Gasteiger charge is 2.21. The number of para-hydroxylation sites is 1. The summed E-state index contributed by atoms with van der Waals surface area (Å²) in [5.41, 5.74) is 2.76. The summed E-state index contributed by atoms with van der Waals surface area (Å²) < 4.78 is 11.1. The smallest absolute Gasteiger partial charge is 0.407 e. The number of nitrogens with zero attached hydrogens (tertiary/aromatic N) is 1. The van der Waals surface area contributed by atoms with E-state index in [1.165, 1.54) is 4.90 Å². The predicted octanol–water partition coefficient (Wildman–Crippen LogP) is 3.13. The minimum atomic E-state index is -0.925. The van der Waals surface area contributed by atoms with Crippen LogP contribution in [0.1, 0.15) is 11.3 Å². The molecule has 1 N–H and O–H groups in total. The van der Waals surface area contributed by atoms with Gasteiger partial charge < -0.3 is 19.2 Å². The number of rotatable bonds is 1. The lowest BCUT2D eigenvalue weighted by Crippen LogP contribution is -2.30. The van der Waals surface area contributed by atoms with Crippen LogP contribution < -0.4 is 4.74 Å². The van der Waals surface area contributed by atoms with Crippen molar-refractivity contribution in [3.8, 4) is 16.9 Å². The van der Waals surface area contributed by atoms with Crippen LogP contribution in [0.25, 0.3) is 11.1 Å². The molecule has 5 heteroatoms. The molecule has 104 valence electrons. The zero-order valence-electron chi connectivity index (χ0n) is 11.1. The molecule has 2 aromatic rings. The minimum absolute atomic E-state index is 0.343. The van der Waals surface area contributed by atoms with Gasteiger partial charge in [0, 0.05) is 16.7 Å². The summed E-state index contributed by atoms with van der Waals surface area (Å²) in [6.07, 6.45) is 0.764. The Balaban J connectivity index is 2.03. The van der Waals surface area contributed by atoms with E-state index in [-0.39, 0.29) is 0 Å². The Bertz CT molecular complexity index is 647. The number of carbonyl (C=O) groups is 1. The molecule has 1 aliphatic heterocycles. The Morgan fingerprint density at radius 3 is 2.95 bits per heavy atom. The zero-order chi connectivity index (χ0) is 14.1. The number of amides is 1. The molecule has 0 bridgehead atoms. The SMILES string of the molecule is Cc1cc(-c2cccc3c2OCCN(C(=O)O)C3)co1. The topological polar surface area (TPSA) is 62.9 Å². The van der Waals surface area contributed by atoms with Gasteiger partial charge in [0.2, 0.25) is 0 Å². The monoisotopic (exact) mass is 273 g/mol. The molecule has 1 amide bonds. The molecule has 1 aromatic carbocycles. The van der Waals surface area contributed by atoms with Crippen molar-refractivity contribution in [3.05, 3.63) is 41.9 Å². The molecule has 2 heterocycles. The molecule has 20 heavy (non-hydrogen) atoms. The van der Waals surface area contributed by atoms with Gasteiger partial charge in [-0.15, -0.1) is 0 Å². The van der Waals surface area contributed by atoms with Crippen molar-refractivity contribution in [2.45, 2.75) is 13.5 Å². The van der Waals surface area contributed by atoms with E-state index < -0.39 is 6.09 Å². The quantitative estimate of drug-likeness (QED) is 0.867.